The van der Waals surface area contributed by atoms with Crippen LogP contribution >= 0.6 is 0 Å². The molecule has 0 unspecified atom stereocenters. The molecule has 5 nitrogen and oxygen atoms in total. The number of sulfonamides is 1. The van der Waals surface area contributed by atoms with E-state index in [1.165, 1.54) is 0 Å². The van der Waals surface area contributed by atoms with Crippen molar-refractivity contribution >= 4 is 21.4 Å². The molecule has 0 atom stereocenters. The molecule has 1 aliphatic heterocycles. The van der Waals surface area contributed by atoms with E-state index in [2.05, 4.69) is 9.62 Å². The molecule has 26 heavy (non-hydrogen) atoms. The molecule has 1 saturated heterocycles. The Bertz CT molecular complexity index is 784. The van der Waals surface area contributed by atoms with E-state index in [9.17, 15) is 8.42 Å². The summed E-state index contributed by atoms with van der Waals surface area (Å²) in [5, 5.41) is 0. The van der Waals surface area contributed by atoms with Crippen molar-refractivity contribution in [2.75, 3.05) is 35.6 Å². The van der Waals surface area contributed by atoms with E-state index < -0.39 is 10.0 Å². The van der Waals surface area contributed by atoms with Gasteiger partial charge in [-0.25, -0.2) is 8.42 Å². The van der Waals surface area contributed by atoms with Crippen molar-refractivity contribution < 1.29 is 13.2 Å². The number of benzene rings is 2. The first-order valence-corrected chi connectivity index (χ1v) is 10.6. The van der Waals surface area contributed by atoms with Gasteiger partial charge in [-0.15, -0.1) is 0 Å². The highest BCUT2D eigenvalue weighted by atomic mass is 32.2. The molecule has 140 valence electrons. The van der Waals surface area contributed by atoms with E-state index in [0.29, 0.717) is 18.2 Å². The second-order valence-corrected chi connectivity index (χ2v) is 8.47. The third-order valence-electron chi connectivity index (χ3n) is 4.78. The van der Waals surface area contributed by atoms with Crippen LogP contribution in [0.15, 0.2) is 54.6 Å². The molecule has 3 rings (SSSR count). The molecule has 2 aromatic carbocycles. The Morgan fingerprint density at radius 3 is 2.31 bits per heavy atom. The second kappa shape index (κ2) is 8.56. The summed E-state index contributed by atoms with van der Waals surface area (Å²) in [6, 6.07) is 17.3. The van der Waals surface area contributed by atoms with Crippen molar-refractivity contribution in [3.05, 3.63) is 60.2 Å². The van der Waals surface area contributed by atoms with E-state index in [1.807, 2.05) is 54.6 Å². The minimum Gasteiger partial charge on any atom is -0.381 e. The van der Waals surface area contributed by atoms with E-state index >= 15 is 0 Å². The molecule has 0 spiro atoms. The first kappa shape index (κ1) is 18.7. The number of nitrogens with one attached hydrogen (secondary N) is 1. The quantitative estimate of drug-likeness (QED) is 0.808. The van der Waals surface area contributed by atoms with Crippen LogP contribution in [0, 0.1) is 0 Å². The highest BCUT2D eigenvalue weighted by molar-refractivity contribution is 7.92. The number of ether oxygens (including phenoxy) is 1. The van der Waals surface area contributed by atoms with Crippen molar-refractivity contribution in [2.45, 2.75) is 25.4 Å². The summed E-state index contributed by atoms with van der Waals surface area (Å²) in [6.07, 6.45) is 2.89. The topological polar surface area (TPSA) is 58.6 Å². The fourth-order valence-electron chi connectivity index (χ4n) is 3.22. The molecule has 0 radical (unpaired) electrons. The number of aryl methyl sites for hydroxylation is 1. The van der Waals surface area contributed by atoms with Gasteiger partial charge in [-0.3, -0.25) is 4.72 Å². The highest BCUT2D eigenvalue weighted by Crippen LogP contribution is 2.23. The summed E-state index contributed by atoms with van der Waals surface area (Å²) in [6.45, 7) is 1.92. The van der Waals surface area contributed by atoms with E-state index in [1.54, 1.807) is 7.11 Å². The van der Waals surface area contributed by atoms with Crippen molar-refractivity contribution in [1.29, 1.82) is 0 Å². The van der Waals surface area contributed by atoms with Gasteiger partial charge in [-0.05, 0) is 49.1 Å². The Morgan fingerprint density at radius 1 is 1.04 bits per heavy atom. The number of nitrogens with zero attached hydrogens (tertiary/aromatic N) is 1. The van der Waals surface area contributed by atoms with Crippen LogP contribution in [0.3, 0.4) is 0 Å². The number of piperidine rings is 1. The lowest BCUT2D eigenvalue weighted by atomic mass is 10.1. The van der Waals surface area contributed by atoms with Gasteiger partial charge in [-0.2, -0.15) is 0 Å². The maximum atomic E-state index is 12.3. The lowest BCUT2D eigenvalue weighted by Gasteiger charge is -2.33. The normalized spacial score (nSPS) is 15.8. The van der Waals surface area contributed by atoms with E-state index in [0.717, 1.165) is 37.2 Å². The van der Waals surface area contributed by atoms with Crippen molar-refractivity contribution in [2.24, 2.45) is 0 Å². The SMILES string of the molecule is COC1CCN(c2ccc(NS(=O)(=O)CCc3ccccc3)cc2)CC1. The molecular formula is C20H26N2O3S. The predicted octanol–water partition coefficient (Wildman–Crippen LogP) is 3.29. The van der Waals surface area contributed by atoms with Crippen molar-refractivity contribution in [1.82, 2.24) is 0 Å². The smallest absolute Gasteiger partial charge is 0.233 e. The molecule has 1 aliphatic rings. The van der Waals surface area contributed by atoms with Crippen LogP contribution in [0.25, 0.3) is 0 Å². The summed E-state index contributed by atoms with van der Waals surface area (Å²) >= 11 is 0. The molecule has 1 N–H and O–H groups in total. The van der Waals surface area contributed by atoms with Crippen molar-refractivity contribution in [3.8, 4) is 0 Å². The summed E-state index contributed by atoms with van der Waals surface area (Å²) in [5.41, 5.74) is 2.74. The molecule has 2 aromatic rings. The van der Waals surface area contributed by atoms with Crippen LogP contribution in [0.5, 0.6) is 0 Å². The van der Waals surface area contributed by atoms with Crippen LogP contribution in [-0.4, -0.2) is 40.5 Å². The third-order valence-corrected chi connectivity index (χ3v) is 6.07. The van der Waals surface area contributed by atoms with Gasteiger partial charge >= 0.3 is 0 Å². The summed E-state index contributed by atoms with van der Waals surface area (Å²) in [5.74, 6) is 0.0727. The molecule has 0 amide bonds. The standard InChI is InChI=1S/C20H26N2O3S/c1-25-20-11-14-22(15-12-20)19-9-7-18(8-10-19)21-26(23,24)16-13-17-5-3-2-4-6-17/h2-10,20-21H,11-16H2,1H3. The van der Waals surface area contributed by atoms with Crippen LogP contribution < -0.4 is 9.62 Å². The monoisotopic (exact) mass is 374 g/mol. The van der Waals surface area contributed by atoms with E-state index in [-0.39, 0.29) is 5.75 Å². The van der Waals surface area contributed by atoms with Crippen molar-refractivity contribution in [3.63, 3.8) is 0 Å². The Kier molecular flexibility index (Phi) is 6.16. The zero-order valence-electron chi connectivity index (χ0n) is 15.1. The van der Waals surface area contributed by atoms with Gasteiger partial charge in [0, 0.05) is 31.6 Å². The number of methoxy groups -OCH3 is 1. The first-order valence-electron chi connectivity index (χ1n) is 8.98. The van der Waals surface area contributed by atoms with Gasteiger partial charge < -0.3 is 9.64 Å². The third kappa shape index (κ3) is 5.22. The van der Waals surface area contributed by atoms with Gasteiger partial charge in [0.1, 0.15) is 0 Å². The number of anilines is 2. The lowest BCUT2D eigenvalue weighted by molar-refractivity contribution is 0.0819. The number of hydrogen-bond acceptors (Lipinski definition) is 4. The summed E-state index contributed by atoms with van der Waals surface area (Å²) in [7, 11) is -1.60. The van der Waals surface area contributed by atoms with Gasteiger partial charge in [0.05, 0.1) is 11.9 Å². The lowest BCUT2D eigenvalue weighted by Crippen LogP contribution is -2.36. The maximum absolute atomic E-state index is 12.3. The molecular weight excluding hydrogens is 348 g/mol. The fraction of sp³-hybridized carbons (Fsp3) is 0.400. The molecule has 1 heterocycles. The largest absolute Gasteiger partial charge is 0.381 e. The predicted molar refractivity (Wildman–Crippen MR) is 106 cm³/mol. The maximum Gasteiger partial charge on any atom is 0.233 e. The van der Waals surface area contributed by atoms with Crippen LogP contribution in [0.4, 0.5) is 11.4 Å². The highest BCUT2D eigenvalue weighted by Gasteiger charge is 2.19. The molecule has 0 bridgehead atoms. The van der Waals surface area contributed by atoms with Gasteiger partial charge in [0.2, 0.25) is 10.0 Å². The van der Waals surface area contributed by atoms with Gasteiger partial charge in [-0.1, -0.05) is 30.3 Å². The fourth-order valence-corrected chi connectivity index (χ4v) is 4.32. The van der Waals surface area contributed by atoms with Crippen LogP contribution in [0.1, 0.15) is 18.4 Å². The molecule has 0 saturated carbocycles. The molecule has 1 fully saturated rings. The second-order valence-electron chi connectivity index (χ2n) is 6.63. The summed E-state index contributed by atoms with van der Waals surface area (Å²) < 4.78 is 32.7. The first-order chi connectivity index (χ1) is 12.6. The van der Waals surface area contributed by atoms with Gasteiger partial charge in [0.25, 0.3) is 0 Å². The molecule has 0 aromatic heterocycles. The zero-order valence-corrected chi connectivity index (χ0v) is 15.9. The minimum atomic E-state index is -3.36. The Morgan fingerprint density at radius 2 is 1.69 bits per heavy atom. The number of rotatable bonds is 7. The Balaban J connectivity index is 1.55. The number of hydrogen-bond donors (Lipinski definition) is 1. The van der Waals surface area contributed by atoms with E-state index in [4.69, 9.17) is 4.74 Å². The summed E-state index contributed by atoms with van der Waals surface area (Å²) in [4.78, 5) is 2.31. The molecule has 6 heteroatoms. The Labute approximate surface area is 156 Å². The molecule has 0 aliphatic carbocycles. The zero-order chi connectivity index (χ0) is 18.4. The van der Waals surface area contributed by atoms with Crippen LogP contribution in [-0.2, 0) is 21.2 Å². The minimum absolute atomic E-state index is 0.0727. The van der Waals surface area contributed by atoms with Gasteiger partial charge in [0.15, 0.2) is 0 Å². The average molecular weight is 375 g/mol. The van der Waals surface area contributed by atoms with Crippen LogP contribution in [0.2, 0.25) is 0 Å². The Hall–Kier alpha value is -2.05. The average Bonchev–Trinajstić information content (AvgIpc) is 2.68.